The number of hydrogen-bond acceptors (Lipinski definition) is 6. The van der Waals surface area contributed by atoms with Crippen LogP contribution in [0, 0.1) is 5.82 Å². The van der Waals surface area contributed by atoms with Crippen LogP contribution in [0.5, 0.6) is 5.88 Å². The molecule has 0 radical (unpaired) electrons. The van der Waals surface area contributed by atoms with Crippen molar-refractivity contribution in [1.29, 1.82) is 0 Å². The number of benzene rings is 1. The second kappa shape index (κ2) is 8.46. The molecule has 0 unspecified atom stereocenters. The second-order valence-electron chi connectivity index (χ2n) is 6.92. The van der Waals surface area contributed by atoms with Gasteiger partial charge >= 0.3 is 18.4 Å². The molecular formula is C19H12F7N5O3. The zero-order chi connectivity index (χ0) is 24.7. The van der Waals surface area contributed by atoms with E-state index in [0.29, 0.717) is 24.8 Å². The first-order valence-corrected chi connectivity index (χ1v) is 9.39. The fourth-order valence-electron chi connectivity index (χ4n) is 3.03. The predicted octanol–water partition coefficient (Wildman–Crippen LogP) is 4.43. The minimum Gasteiger partial charge on any atom is -0.467 e. The maximum absolute atomic E-state index is 14.4. The molecule has 3 heterocycles. The minimum atomic E-state index is -4.96. The van der Waals surface area contributed by atoms with E-state index in [0.717, 1.165) is 12.1 Å². The zero-order valence-corrected chi connectivity index (χ0v) is 16.7. The standard InChI is InChI=1S/C19H12F7N5O3/c20-12-3-1-9(31-6-5-27-17(31)32)7-11(12)16-29-14(30-34-16)10-2-4-13(19(24,25)26)28-15(10)33-8-18(21,22)23/h1-4,7H,5-6,8H2,(H,27,32). The van der Waals surface area contributed by atoms with Crippen molar-refractivity contribution in [3.8, 4) is 28.7 Å². The van der Waals surface area contributed by atoms with Gasteiger partial charge in [0.25, 0.3) is 5.89 Å². The molecular weight excluding hydrogens is 479 g/mol. The van der Waals surface area contributed by atoms with E-state index in [9.17, 15) is 35.5 Å². The summed E-state index contributed by atoms with van der Waals surface area (Å²) in [5, 5.41) is 6.09. The normalized spacial score (nSPS) is 14.4. The first kappa shape index (κ1) is 23.3. The molecule has 3 aromatic rings. The van der Waals surface area contributed by atoms with Crippen molar-refractivity contribution in [2.45, 2.75) is 12.4 Å². The lowest BCUT2D eigenvalue weighted by Gasteiger charge is -2.14. The van der Waals surface area contributed by atoms with Gasteiger partial charge in [0.05, 0.1) is 11.1 Å². The van der Waals surface area contributed by atoms with E-state index in [4.69, 9.17) is 4.52 Å². The highest BCUT2D eigenvalue weighted by Gasteiger charge is 2.35. The molecule has 1 saturated heterocycles. The van der Waals surface area contributed by atoms with Crippen LogP contribution < -0.4 is 15.0 Å². The second-order valence-corrected chi connectivity index (χ2v) is 6.92. The number of halogens is 7. The number of urea groups is 1. The van der Waals surface area contributed by atoms with E-state index in [1.54, 1.807) is 0 Å². The number of nitrogens with one attached hydrogen (secondary N) is 1. The quantitative estimate of drug-likeness (QED) is 0.531. The Morgan fingerprint density at radius 2 is 1.82 bits per heavy atom. The predicted molar refractivity (Wildman–Crippen MR) is 100 cm³/mol. The van der Waals surface area contributed by atoms with Crippen molar-refractivity contribution in [3.63, 3.8) is 0 Å². The molecule has 0 bridgehead atoms. The number of nitrogens with zero attached hydrogens (tertiary/aromatic N) is 4. The monoisotopic (exact) mass is 491 g/mol. The van der Waals surface area contributed by atoms with Crippen LogP contribution in [0.4, 0.5) is 41.2 Å². The average Bonchev–Trinajstić information content (AvgIpc) is 3.41. The van der Waals surface area contributed by atoms with Crippen LogP contribution in [0.2, 0.25) is 0 Å². The molecule has 1 aliphatic heterocycles. The Balaban J connectivity index is 1.71. The Kier molecular flexibility index (Phi) is 5.79. The largest absolute Gasteiger partial charge is 0.467 e. The molecule has 2 aromatic heterocycles. The summed E-state index contributed by atoms with van der Waals surface area (Å²) in [6, 6.07) is 4.47. The first-order chi connectivity index (χ1) is 15.9. The Bertz CT molecular complexity index is 1230. The summed E-state index contributed by atoms with van der Waals surface area (Å²) in [6.45, 7) is -1.23. The van der Waals surface area contributed by atoms with Gasteiger partial charge in [0.1, 0.15) is 11.5 Å². The summed E-state index contributed by atoms with van der Waals surface area (Å²) in [5.41, 5.74) is -1.88. The summed E-state index contributed by atoms with van der Waals surface area (Å²) >= 11 is 0. The number of alkyl halides is 6. The van der Waals surface area contributed by atoms with E-state index < -0.39 is 59.7 Å². The van der Waals surface area contributed by atoms with Crippen molar-refractivity contribution < 1.29 is 44.8 Å². The lowest BCUT2D eigenvalue weighted by atomic mass is 10.1. The number of hydrogen-bond donors (Lipinski definition) is 1. The molecule has 8 nitrogen and oxygen atoms in total. The van der Waals surface area contributed by atoms with Gasteiger partial charge in [-0.15, -0.1) is 0 Å². The van der Waals surface area contributed by atoms with Crippen LogP contribution in [-0.2, 0) is 6.18 Å². The number of carbonyl (C=O) groups is 1. The highest BCUT2D eigenvalue weighted by atomic mass is 19.4. The summed E-state index contributed by atoms with van der Waals surface area (Å²) in [6.07, 6.45) is -9.82. The van der Waals surface area contributed by atoms with E-state index in [1.807, 2.05) is 0 Å². The molecule has 1 N–H and O–H groups in total. The third-order valence-electron chi connectivity index (χ3n) is 4.54. The van der Waals surface area contributed by atoms with Gasteiger partial charge in [0.15, 0.2) is 6.61 Å². The summed E-state index contributed by atoms with van der Waals surface area (Å²) in [5.74, 6) is -2.78. The number of anilines is 1. The highest BCUT2D eigenvalue weighted by molar-refractivity contribution is 5.94. The zero-order valence-electron chi connectivity index (χ0n) is 16.7. The smallest absolute Gasteiger partial charge is 0.433 e. The van der Waals surface area contributed by atoms with Crippen molar-refractivity contribution in [2.24, 2.45) is 0 Å². The van der Waals surface area contributed by atoms with Crippen LogP contribution >= 0.6 is 0 Å². The van der Waals surface area contributed by atoms with Gasteiger partial charge < -0.3 is 14.6 Å². The van der Waals surface area contributed by atoms with Crippen molar-refractivity contribution in [2.75, 3.05) is 24.6 Å². The van der Waals surface area contributed by atoms with E-state index >= 15 is 0 Å². The van der Waals surface area contributed by atoms with Crippen LogP contribution in [0.1, 0.15) is 5.69 Å². The molecule has 34 heavy (non-hydrogen) atoms. The number of ether oxygens (including phenoxy) is 1. The third kappa shape index (κ3) is 4.87. The van der Waals surface area contributed by atoms with Gasteiger partial charge in [-0.2, -0.15) is 31.3 Å². The molecule has 180 valence electrons. The van der Waals surface area contributed by atoms with Crippen molar-refractivity contribution in [1.82, 2.24) is 20.4 Å². The summed E-state index contributed by atoms with van der Waals surface area (Å²) in [4.78, 5) is 20.2. The van der Waals surface area contributed by atoms with Crippen molar-refractivity contribution >= 4 is 11.7 Å². The number of rotatable bonds is 5. The maximum atomic E-state index is 14.4. The topological polar surface area (TPSA) is 93.4 Å². The van der Waals surface area contributed by atoms with Crippen LogP contribution in [0.3, 0.4) is 0 Å². The highest BCUT2D eigenvalue weighted by Crippen LogP contribution is 2.35. The van der Waals surface area contributed by atoms with Gasteiger partial charge in [0, 0.05) is 18.8 Å². The number of amides is 2. The van der Waals surface area contributed by atoms with Gasteiger partial charge in [-0.3, -0.25) is 4.90 Å². The van der Waals surface area contributed by atoms with E-state index in [1.165, 1.54) is 17.0 Å². The first-order valence-electron chi connectivity index (χ1n) is 9.39. The molecule has 0 saturated carbocycles. The van der Waals surface area contributed by atoms with Crippen molar-refractivity contribution in [3.05, 3.63) is 41.8 Å². The fourth-order valence-corrected chi connectivity index (χ4v) is 3.03. The van der Waals surface area contributed by atoms with Crippen LogP contribution in [0.15, 0.2) is 34.9 Å². The summed E-state index contributed by atoms with van der Waals surface area (Å²) < 4.78 is 101. The number of aromatic nitrogens is 3. The van der Waals surface area contributed by atoms with Gasteiger partial charge in [-0.05, 0) is 30.3 Å². The minimum absolute atomic E-state index is 0.242. The maximum Gasteiger partial charge on any atom is 0.433 e. The van der Waals surface area contributed by atoms with Gasteiger partial charge in [-0.1, -0.05) is 5.16 Å². The van der Waals surface area contributed by atoms with Crippen LogP contribution in [0.25, 0.3) is 22.8 Å². The number of carbonyl (C=O) groups excluding carboxylic acids is 1. The third-order valence-corrected chi connectivity index (χ3v) is 4.54. The molecule has 1 fully saturated rings. The molecule has 2 amide bonds. The fraction of sp³-hybridized carbons (Fsp3) is 0.263. The Morgan fingerprint density at radius 3 is 2.47 bits per heavy atom. The Morgan fingerprint density at radius 1 is 1.06 bits per heavy atom. The van der Waals surface area contributed by atoms with E-state index in [2.05, 4.69) is 25.2 Å². The van der Waals surface area contributed by atoms with Gasteiger partial charge in [-0.25, -0.2) is 14.2 Å². The molecule has 15 heteroatoms. The molecule has 1 aliphatic rings. The molecule has 0 aliphatic carbocycles. The Hall–Kier alpha value is -3.91. The summed E-state index contributed by atoms with van der Waals surface area (Å²) in [7, 11) is 0. The molecule has 4 rings (SSSR count). The SMILES string of the molecule is O=C1NCCN1c1ccc(F)c(-c2nc(-c3ccc(C(F)(F)F)nc3OCC(F)(F)F)no2)c1. The number of pyridine rings is 1. The van der Waals surface area contributed by atoms with Gasteiger partial charge in [0.2, 0.25) is 11.7 Å². The average molecular weight is 491 g/mol. The van der Waals surface area contributed by atoms with E-state index in [-0.39, 0.29) is 5.56 Å². The Labute approximate surface area is 185 Å². The lowest BCUT2D eigenvalue weighted by molar-refractivity contribution is -0.154. The molecule has 0 spiro atoms. The molecule has 0 atom stereocenters. The van der Waals surface area contributed by atoms with Crippen LogP contribution in [-0.4, -0.2) is 47.0 Å². The molecule has 1 aromatic carbocycles. The lowest BCUT2D eigenvalue weighted by Crippen LogP contribution is -2.27.